The van der Waals surface area contributed by atoms with Gasteiger partial charge < -0.3 is 9.84 Å². The van der Waals surface area contributed by atoms with Gasteiger partial charge in [-0.3, -0.25) is 0 Å². The van der Waals surface area contributed by atoms with E-state index in [0.29, 0.717) is 12.2 Å². The maximum Gasteiger partial charge on any atom is 0.328 e. The molecule has 1 heterocycles. The monoisotopic (exact) mass is 320 g/mol. The van der Waals surface area contributed by atoms with E-state index in [0.717, 1.165) is 35.3 Å². The normalized spacial score (nSPS) is 18.0. The van der Waals surface area contributed by atoms with E-state index in [2.05, 4.69) is 24.3 Å². The van der Waals surface area contributed by atoms with Gasteiger partial charge in [-0.2, -0.15) is 0 Å². The molecule has 0 aromatic heterocycles. The number of benzene rings is 1. The van der Waals surface area contributed by atoms with E-state index >= 15 is 0 Å². The number of carbonyl (C=O) groups is 1. The highest BCUT2D eigenvalue weighted by Crippen LogP contribution is 2.39. The first-order valence-corrected chi connectivity index (χ1v) is 8.07. The standard InChI is InChI=1S/C21H20O3/c1-15(13-20(22)23)11-12-17-14-24-19-10-6-5-9-18(19)21(17)16-7-3-2-4-8-16/h2-4,7-13H,5-6,14H2,1H3,(H,22,23)/b12-11+,15-13+. The van der Waals surface area contributed by atoms with Crippen molar-refractivity contribution < 1.29 is 14.6 Å². The third-order valence-electron chi connectivity index (χ3n) is 4.04. The summed E-state index contributed by atoms with van der Waals surface area (Å²) in [6, 6.07) is 10.3. The molecule has 1 aliphatic carbocycles. The smallest absolute Gasteiger partial charge is 0.328 e. The van der Waals surface area contributed by atoms with E-state index in [9.17, 15) is 4.79 Å². The molecule has 3 heteroatoms. The van der Waals surface area contributed by atoms with Gasteiger partial charge in [0.1, 0.15) is 12.4 Å². The van der Waals surface area contributed by atoms with Crippen LogP contribution in [0.5, 0.6) is 0 Å². The summed E-state index contributed by atoms with van der Waals surface area (Å²) in [6.07, 6.45) is 11.4. The van der Waals surface area contributed by atoms with Crippen molar-refractivity contribution in [2.75, 3.05) is 6.61 Å². The first kappa shape index (κ1) is 16.1. The Kier molecular flexibility index (Phi) is 4.80. The fourth-order valence-corrected chi connectivity index (χ4v) is 2.97. The van der Waals surface area contributed by atoms with Gasteiger partial charge in [0.15, 0.2) is 0 Å². The Labute approximate surface area is 142 Å². The van der Waals surface area contributed by atoms with Crippen LogP contribution in [0.3, 0.4) is 0 Å². The number of aliphatic carboxylic acids is 1. The van der Waals surface area contributed by atoms with E-state index in [1.54, 1.807) is 6.92 Å². The molecule has 0 atom stereocenters. The summed E-state index contributed by atoms with van der Waals surface area (Å²) in [5.74, 6) is 0.0181. The minimum Gasteiger partial charge on any atom is -0.489 e. The third-order valence-corrected chi connectivity index (χ3v) is 4.04. The largest absolute Gasteiger partial charge is 0.489 e. The number of hydrogen-bond acceptors (Lipinski definition) is 2. The van der Waals surface area contributed by atoms with Gasteiger partial charge in [0.2, 0.25) is 0 Å². The summed E-state index contributed by atoms with van der Waals surface area (Å²) in [6.45, 7) is 2.27. The van der Waals surface area contributed by atoms with Gasteiger partial charge >= 0.3 is 5.97 Å². The Balaban J connectivity index is 2.06. The van der Waals surface area contributed by atoms with Crippen molar-refractivity contribution in [2.24, 2.45) is 0 Å². The van der Waals surface area contributed by atoms with Crippen LogP contribution in [0.4, 0.5) is 0 Å². The zero-order chi connectivity index (χ0) is 16.9. The molecule has 1 aliphatic heterocycles. The van der Waals surface area contributed by atoms with Gasteiger partial charge in [-0.1, -0.05) is 48.6 Å². The van der Waals surface area contributed by atoms with Crippen LogP contribution in [0.15, 0.2) is 83.2 Å². The van der Waals surface area contributed by atoms with Crippen LogP contribution >= 0.6 is 0 Å². The van der Waals surface area contributed by atoms with E-state index in [1.165, 1.54) is 11.6 Å². The first-order valence-electron chi connectivity index (χ1n) is 8.07. The minimum atomic E-state index is -0.936. The Hall–Kier alpha value is -2.81. The van der Waals surface area contributed by atoms with Crippen molar-refractivity contribution >= 4 is 11.5 Å². The fourth-order valence-electron chi connectivity index (χ4n) is 2.97. The lowest BCUT2D eigenvalue weighted by molar-refractivity contribution is -0.131. The second kappa shape index (κ2) is 7.18. The summed E-state index contributed by atoms with van der Waals surface area (Å²) < 4.78 is 5.91. The van der Waals surface area contributed by atoms with Gasteiger partial charge in [-0.15, -0.1) is 0 Å². The van der Waals surface area contributed by atoms with Crippen molar-refractivity contribution in [3.63, 3.8) is 0 Å². The molecule has 2 aliphatic rings. The van der Waals surface area contributed by atoms with Crippen molar-refractivity contribution in [3.8, 4) is 0 Å². The molecule has 1 aromatic carbocycles. The Morgan fingerprint density at radius 3 is 2.67 bits per heavy atom. The number of ether oxygens (including phenoxy) is 1. The molecule has 0 unspecified atom stereocenters. The molecule has 0 saturated heterocycles. The number of carboxylic acid groups (broad SMARTS) is 1. The molecule has 0 spiro atoms. The van der Waals surface area contributed by atoms with Crippen LogP contribution in [0.2, 0.25) is 0 Å². The highest BCUT2D eigenvalue weighted by molar-refractivity contribution is 5.88. The van der Waals surface area contributed by atoms with Crippen LogP contribution < -0.4 is 0 Å². The highest BCUT2D eigenvalue weighted by atomic mass is 16.5. The summed E-state index contributed by atoms with van der Waals surface area (Å²) in [7, 11) is 0. The van der Waals surface area contributed by atoms with Gasteiger partial charge in [-0.05, 0) is 48.1 Å². The van der Waals surface area contributed by atoms with Crippen LogP contribution in [0.1, 0.15) is 25.3 Å². The summed E-state index contributed by atoms with van der Waals surface area (Å²) in [4.78, 5) is 10.8. The molecule has 1 aromatic rings. The van der Waals surface area contributed by atoms with E-state index in [1.807, 2.05) is 30.4 Å². The van der Waals surface area contributed by atoms with Crippen molar-refractivity contribution in [1.29, 1.82) is 0 Å². The summed E-state index contributed by atoms with van der Waals surface area (Å²) in [5.41, 5.74) is 5.22. The third kappa shape index (κ3) is 3.57. The Morgan fingerprint density at radius 2 is 1.92 bits per heavy atom. The van der Waals surface area contributed by atoms with Gasteiger partial charge in [0, 0.05) is 11.6 Å². The topological polar surface area (TPSA) is 46.5 Å². The Bertz CT molecular complexity index is 790. The molecule has 0 fully saturated rings. The minimum absolute atomic E-state index is 0.490. The quantitative estimate of drug-likeness (QED) is 0.648. The van der Waals surface area contributed by atoms with Gasteiger partial charge in [0.25, 0.3) is 0 Å². The lowest BCUT2D eigenvalue weighted by atomic mass is 9.87. The molecule has 24 heavy (non-hydrogen) atoms. The number of allylic oxidation sites excluding steroid dienone is 5. The lowest BCUT2D eigenvalue weighted by Gasteiger charge is -2.27. The molecule has 122 valence electrons. The summed E-state index contributed by atoms with van der Waals surface area (Å²) in [5, 5.41) is 8.84. The second-order valence-electron chi connectivity index (χ2n) is 5.88. The second-order valence-corrected chi connectivity index (χ2v) is 5.88. The number of rotatable bonds is 4. The highest BCUT2D eigenvalue weighted by Gasteiger charge is 2.23. The maximum absolute atomic E-state index is 10.8. The number of fused-ring (bicyclic) bond motifs is 1. The van der Waals surface area contributed by atoms with Gasteiger partial charge in [-0.25, -0.2) is 4.79 Å². The van der Waals surface area contributed by atoms with Crippen molar-refractivity contribution in [1.82, 2.24) is 0 Å². The SMILES string of the molecule is CC(/C=C/C1=C(c2ccccc2)C2=CCCC=C2OC1)=C\C(=O)O. The van der Waals surface area contributed by atoms with E-state index in [4.69, 9.17) is 9.84 Å². The molecular weight excluding hydrogens is 300 g/mol. The van der Waals surface area contributed by atoms with Crippen LogP contribution in [0, 0.1) is 0 Å². The first-order chi connectivity index (χ1) is 11.6. The molecule has 3 rings (SSSR count). The van der Waals surface area contributed by atoms with Crippen LogP contribution in [-0.2, 0) is 9.53 Å². The molecule has 0 amide bonds. The molecule has 1 N–H and O–H groups in total. The molecule has 0 saturated carbocycles. The number of hydrogen-bond donors (Lipinski definition) is 1. The van der Waals surface area contributed by atoms with E-state index < -0.39 is 5.97 Å². The van der Waals surface area contributed by atoms with Crippen molar-refractivity contribution in [3.05, 3.63) is 88.8 Å². The predicted octanol–water partition coefficient (Wildman–Crippen LogP) is 4.66. The van der Waals surface area contributed by atoms with Crippen molar-refractivity contribution in [2.45, 2.75) is 19.8 Å². The lowest BCUT2D eigenvalue weighted by Crippen LogP contribution is -2.13. The van der Waals surface area contributed by atoms with Crippen LogP contribution in [-0.4, -0.2) is 17.7 Å². The fraction of sp³-hybridized carbons (Fsp3) is 0.190. The van der Waals surface area contributed by atoms with E-state index in [-0.39, 0.29) is 0 Å². The van der Waals surface area contributed by atoms with Crippen LogP contribution in [0.25, 0.3) is 5.57 Å². The molecule has 0 radical (unpaired) electrons. The zero-order valence-electron chi connectivity index (χ0n) is 13.7. The molecule has 0 bridgehead atoms. The Morgan fingerprint density at radius 1 is 1.17 bits per heavy atom. The maximum atomic E-state index is 10.8. The number of carboxylic acids is 1. The van der Waals surface area contributed by atoms with Gasteiger partial charge in [0.05, 0.1) is 0 Å². The average molecular weight is 320 g/mol. The predicted molar refractivity (Wildman–Crippen MR) is 95.2 cm³/mol. The molecular formula is C21H20O3. The summed E-state index contributed by atoms with van der Waals surface area (Å²) >= 11 is 0. The molecule has 3 nitrogen and oxygen atoms in total. The zero-order valence-corrected chi connectivity index (χ0v) is 13.7. The average Bonchev–Trinajstić information content (AvgIpc) is 2.59.